The molecule has 0 unspecified atom stereocenters. The van der Waals surface area contributed by atoms with Crippen LogP contribution in [0.4, 0.5) is 5.69 Å². The molecule has 0 heterocycles. The van der Waals surface area contributed by atoms with Crippen LogP contribution in [0.25, 0.3) is 0 Å². The number of nitrogens with one attached hydrogen (secondary N) is 2. The maximum absolute atomic E-state index is 12.5. The lowest BCUT2D eigenvalue weighted by Crippen LogP contribution is -2.41. The maximum atomic E-state index is 12.5. The van der Waals surface area contributed by atoms with Crippen LogP contribution in [0.15, 0.2) is 48.5 Å². The van der Waals surface area contributed by atoms with Gasteiger partial charge >= 0.3 is 0 Å². The molecular formula is C23H30N2O3. The van der Waals surface area contributed by atoms with Crippen LogP contribution >= 0.6 is 0 Å². The van der Waals surface area contributed by atoms with Crippen molar-refractivity contribution in [2.75, 3.05) is 11.9 Å². The third-order valence-electron chi connectivity index (χ3n) is 4.02. The zero-order valence-corrected chi connectivity index (χ0v) is 17.6. The first-order valence-corrected chi connectivity index (χ1v) is 9.40. The fraction of sp³-hybridized carbons (Fsp3) is 0.391. The number of hydrogen-bond donors (Lipinski definition) is 2. The first-order valence-electron chi connectivity index (χ1n) is 9.40. The second-order valence-corrected chi connectivity index (χ2v) is 8.86. The van der Waals surface area contributed by atoms with Crippen LogP contribution in [0.1, 0.15) is 57.5 Å². The van der Waals surface area contributed by atoms with E-state index in [0.29, 0.717) is 17.0 Å². The Hall–Kier alpha value is -2.82. The van der Waals surface area contributed by atoms with E-state index in [9.17, 15) is 9.59 Å². The Bertz CT molecular complexity index is 828. The molecule has 0 bridgehead atoms. The molecule has 0 aliphatic heterocycles. The summed E-state index contributed by atoms with van der Waals surface area (Å²) in [5.74, 6) is 0.0694. The van der Waals surface area contributed by atoms with E-state index in [1.807, 2.05) is 45.0 Å². The molecule has 150 valence electrons. The lowest BCUT2D eigenvalue weighted by atomic mass is 9.87. The van der Waals surface area contributed by atoms with Gasteiger partial charge in [-0.2, -0.15) is 0 Å². The van der Waals surface area contributed by atoms with Crippen molar-refractivity contribution < 1.29 is 14.3 Å². The molecule has 2 N–H and O–H groups in total. The minimum absolute atomic E-state index is 0.0627. The molecule has 0 spiro atoms. The molecule has 2 amide bonds. The molecule has 0 atom stereocenters. The minimum atomic E-state index is -0.365. The first kappa shape index (κ1) is 21.5. The van der Waals surface area contributed by atoms with Crippen molar-refractivity contribution in [2.24, 2.45) is 0 Å². The monoisotopic (exact) mass is 382 g/mol. The van der Waals surface area contributed by atoms with Crippen LogP contribution in [0.5, 0.6) is 5.75 Å². The van der Waals surface area contributed by atoms with Crippen LogP contribution < -0.4 is 15.4 Å². The highest BCUT2D eigenvalue weighted by Crippen LogP contribution is 2.24. The van der Waals surface area contributed by atoms with Crippen molar-refractivity contribution in [2.45, 2.75) is 52.5 Å². The number of anilines is 1. The van der Waals surface area contributed by atoms with Crippen molar-refractivity contribution in [3.05, 3.63) is 59.7 Å². The Kier molecular flexibility index (Phi) is 6.49. The van der Waals surface area contributed by atoms with Gasteiger partial charge in [-0.05, 0) is 56.0 Å². The molecule has 2 rings (SSSR count). The number of benzene rings is 2. The number of rotatable bonds is 5. The Balaban J connectivity index is 1.99. The Morgan fingerprint density at radius 2 is 1.50 bits per heavy atom. The maximum Gasteiger partial charge on any atom is 0.262 e. The zero-order valence-electron chi connectivity index (χ0n) is 17.6. The number of carbonyl (C=O) groups excluding carboxylic acids is 2. The fourth-order valence-corrected chi connectivity index (χ4v) is 2.58. The normalized spacial score (nSPS) is 11.6. The van der Waals surface area contributed by atoms with E-state index in [1.165, 1.54) is 5.56 Å². The van der Waals surface area contributed by atoms with E-state index in [4.69, 9.17) is 4.74 Å². The second-order valence-electron chi connectivity index (χ2n) is 8.86. The summed E-state index contributed by atoms with van der Waals surface area (Å²) in [6, 6.07) is 14.6. The first-order chi connectivity index (χ1) is 13.0. The molecule has 0 aliphatic rings. The highest BCUT2D eigenvalue weighted by Gasteiger charge is 2.19. The number of carbonyl (C=O) groups is 2. The number of para-hydroxylation sites is 1. The van der Waals surface area contributed by atoms with Crippen molar-refractivity contribution >= 4 is 17.5 Å². The van der Waals surface area contributed by atoms with Crippen LogP contribution in [0, 0.1) is 0 Å². The molecule has 0 aromatic heterocycles. The van der Waals surface area contributed by atoms with E-state index in [2.05, 4.69) is 31.4 Å². The summed E-state index contributed by atoms with van der Waals surface area (Å²) >= 11 is 0. The standard InChI is InChI=1S/C23H30N2O3/c1-22(2,3)16-11-13-17(14-12-16)28-15-20(26)24-19-10-8-7-9-18(19)21(27)25-23(4,5)6/h7-14H,15H2,1-6H3,(H,24,26)(H,25,27). The van der Waals surface area contributed by atoms with Gasteiger partial charge in [-0.1, -0.05) is 45.0 Å². The highest BCUT2D eigenvalue weighted by molar-refractivity contribution is 6.04. The minimum Gasteiger partial charge on any atom is -0.484 e. The van der Waals surface area contributed by atoms with Crippen LogP contribution in [-0.4, -0.2) is 24.0 Å². The Labute approximate surface area is 167 Å². The van der Waals surface area contributed by atoms with E-state index < -0.39 is 0 Å². The highest BCUT2D eigenvalue weighted by atomic mass is 16.5. The molecule has 2 aromatic rings. The topological polar surface area (TPSA) is 67.4 Å². The summed E-state index contributed by atoms with van der Waals surface area (Å²) in [7, 11) is 0. The molecule has 28 heavy (non-hydrogen) atoms. The zero-order chi connectivity index (χ0) is 20.9. The van der Waals surface area contributed by atoms with Crippen molar-refractivity contribution in [1.29, 1.82) is 0 Å². The van der Waals surface area contributed by atoms with Crippen LogP contribution in [0.3, 0.4) is 0 Å². The Morgan fingerprint density at radius 1 is 0.893 bits per heavy atom. The third-order valence-corrected chi connectivity index (χ3v) is 4.02. The van der Waals surface area contributed by atoms with Crippen molar-refractivity contribution in [3.8, 4) is 5.75 Å². The number of amides is 2. The summed E-state index contributed by atoms with van der Waals surface area (Å²) in [4.78, 5) is 24.8. The van der Waals surface area contributed by atoms with Gasteiger partial charge in [0, 0.05) is 5.54 Å². The number of hydrogen-bond acceptors (Lipinski definition) is 3. The van der Waals surface area contributed by atoms with Gasteiger partial charge in [0.1, 0.15) is 5.75 Å². The lowest BCUT2D eigenvalue weighted by molar-refractivity contribution is -0.118. The van der Waals surface area contributed by atoms with Crippen LogP contribution in [0.2, 0.25) is 0 Å². The molecule has 0 aliphatic carbocycles. The van der Waals surface area contributed by atoms with Gasteiger partial charge in [0.15, 0.2) is 6.61 Å². The van der Waals surface area contributed by atoms with Gasteiger partial charge in [0.05, 0.1) is 11.3 Å². The summed E-state index contributed by atoms with van der Waals surface area (Å²) in [5, 5.41) is 5.66. The largest absolute Gasteiger partial charge is 0.484 e. The summed E-state index contributed by atoms with van der Waals surface area (Å²) < 4.78 is 5.58. The van der Waals surface area contributed by atoms with Gasteiger partial charge in [0.25, 0.3) is 11.8 Å². The summed E-state index contributed by atoms with van der Waals surface area (Å²) in [5.41, 5.74) is 1.77. The molecule has 2 aromatic carbocycles. The van der Waals surface area contributed by atoms with E-state index in [1.54, 1.807) is 24.3 Å². The number of ether oxygens (including phenoxy) is 1. The molecule has 0 saturated heterocycles. The van der Waals surface area contributed by atoms with E-state index in [0.717, 1.165) is 0 Å². The van der Waals surface area contributed by atoms with Gasteiger partial charge < -0.3 is 15.4 Å². The molecule has 5 heteroatoms. The smallest absolute Gasteiger partial charge is 0.262 e. The van der Waals surface area contributed by atoms with Gasteiger partial charge in [-0.3, -0.25) is 9.59 Å². The molecule has 0 saturated carbocycles. The molecule has 5 nitrogen and oxygen atoms in total. The SMILES string of the molecule is CC(C)(C)NC(=O)c1ccccc1NC(=O)COc1ccc(C(C)(C)C)cc1. The van der Waals surface area contributed by atoms with Gasteiger partial charge in [-0.25, -0.2) is 0 Å². The fourth-order valence-electron chi connectivity index (χ4n) is 2.58. The lowest BCUT2D eigenvalue weighted by Gasteiger charge is -2.21. The van der Waals surface area contributed by atoms with E-state index >= 15 is 0 Å². The van der Waals surface area contributed by atoms with Crippen LogP contribution in [-0.2, 0) is 10.2 Å². The predicted octanol–water partition coefficient (Wildman–Crippen LogP) is 4.53. The molecule has 0 radical (unpaired) electrons. The van der Waals surface area contributed by atoms with Gasteiger partial charge in [-0.15, -0.1) is 0 Å². The van der Waals surface area contributed by atoms with Gasteiger partial charge in [0.2, 0.25) is 0 Å². The third kappa shape index (κ3) is 6.41. The Morgan fingerprint density at radius 3 is 2.07 bits per heavy atom. The van der Waals surface area contributed by atoms with Crippen molar-refractivity contribution in [3.63, 3.8) is 0 Å². The molecule has 0 fully saturated rings. The quantitative estimate of drug-likeness (QED) is 0.798. The van der Waals surface area contributed by atoms with E-state index in [-0.39, 0.29) is 29.4 Å². The summed E-state index contributed by atoms with van der Waals surface area (Å²) in [6.07, 6.45) is 0. The average Bonchev–Trinajstić information content (AvgIpc) is 2.58. The van der Waals surface area contributed by atoms with Crippen molar-refractivity contribution in [1.82, 2.24) is 5.32 Å². The predicted molar refractivity (Wildman–Crippen MR) is 113 cm³/mol. The second kappa shape index (κ2) is 8.46. The average molecular weight is 383 g/mol. The summed E-state index contributed by atoms with van der Waals surface area (Å²) in [6.45, 7) is 12.0. The molecular weight excluding hydrogens is 352 g/mol.